The summed E-state index contributed by atoms with van der Waals surface area (Å²) in [7, 11) is 2.51. The smallest absolute Gasteiger partial charge is 0.329 e. The molecule has 2 N–H and O–H groups in total. The molecule has 0 spiro atoms. The molecule has 0 aromatic heterocycles. The summed E-state index contributed by atoms with van der Waals surface area (Å²) in [4.78, 5) is 35.8. The number of halogens is 1. The number of benzene rings is 1. The molecule has 1 saturated heterocycles. The van der Waals surface area contributed by atoms with Gasteiger partial charge in [0, 0.05) is 0 Å². The summed E-state index contributed by atoms with van der Waals surface area (Å²) >= 11 is 5.86. The van der Waals surface area contributed by atoms with E-state index in [2.05, 4.69) is 10.1 Å². The number of phenols is 1. The second kappa shape index (κ2) is 6.57. The number of hydrogen-bond acceptors (Lipinski definition) is 6. The lowest BCUT2D eigenvalue weighted by Gasteiger charge is -2.09. The minimum Gasteiger partial charge on any atom is -0.503 e. The molecule has 122 valence electrons. The number of carbonyl (C=O) groups excluding carboxylic acids is 3. The van der Waals surface area contributed by atoms with Gasteiger partial charge in [0.15, 0.2) is 11.5 Å². The topological polar surface area (TPSA) is 105 Å². The van der Waals surface area contributed by atoms with Gasteiger partial charge in [0.1, 0.15) is 12.2 Å². The van der Waals surface area contributed by atoms with Crippen molar-refractivity contribution in [3.63, 3.8) is 0 Å². The predicted molar refractivity (Wildman–Crippen MR) is 79.9 cm³/mol. The van der Waals surface area contributed by atoms with E-state index in [4.69, 9.17) is 16.3 Å². The van der Waals surface area contributed by atoms with Crippen molar-refractivity contribution in [3.05, 3.63) is 28.4 Å². The van der Waals surface area contributed by atoms with Gasteiger partial charge in [-0.05, 0) is 23.8 Å². The Balaban J connectivity index is 2.31. The molecule has 1 aliphatic rings. The quantitative estimate of drug-likeness (QED) is 0.483. The van der Waals surface area contributed by atoms with Crippen molar-refractivity contribution in [2.75, 3.05) is 20.8 Å². The number of esters is 1. The van der Waals surface area contributed by atoms with Gasteiger partial charge in [0.05, 0.1) is 19.2 Å². The van der Waals surface area contributed by atoms with E-state index < -0.39 is 24.5 Å². The van der Waals surface area contributed by atoms with Crippen molar-refractivity contribution < 1.29 is 29.0 Å². The van der Waals surface area contributed by atoms with Crippen LogP contribution in [0.25, 0.3) is 6.08 Å². The fraction of sp³-hybridized carbons (Fsp3) is 0.214. The highest BCUT2D eigenvalue weighted by atomic mass is 35.5. The van der Waals surface area contributed by atoms with E-state index in [-0.39, 0.29) is 22.2 Å². The maximum atomic E-state index is 12.1. The van der Waals surface area contributed by atoms with Gasteiger partial charge in [-0.3, -0.25) is 9.59 Å². The fourth-order valence-corrected chi connectivity index (χ4v) is 2.13. The van der Waals surface area contributed by atoms with Crippen molar-refractivity contribution in [2.24, 2.45) is 0 Å². The highest BCUT2D eigenvalue weighted by Gasteiger charge is 2.35. The number of ether oxygens (including phenoxy) is 2. The molecule has 3 amide bonds. The standard InChI is InChI=1S/C14H13ClN2O6/c1-22-10-5-7(3-8(15)12(10)19)4-9-13(20)17(14(21)16-9)6-11(18)23-2/h3-5,19H,6H2,1-2H3,(H,16,21)/b9-4+. The maximum Gasteiger partial charge on any atom is 0.329 e. The van der Waals surface area contributed by atoms with Gasteiger partial charge in [-0.2, -0.15) is 0 Å². The first-order valence-corrected chi connectivity index (χ1v) is 6.73. The Kier molecular flexibility index (Phi) is 4.75. The molecular weight excluding hydrogens is 328 g/mol. The summed E-state index contributed by atoms with van der Waals surface area (Å²) in [6.45, 7) is -0.488. The van der Waals surface area contributed by atoms with Gasteiger partial charge in [0.2, 0.25) is 0 Å². The van der Waals surface area contributed by atoms with Gasteiger partial charge in [-0.1, -0.05) is 11.6 Å². The molecule has 1 aromatic carbocycles. The number of phenolic OH excluding ortho intramolecular Hbond substituents is 1. The monoisotopic (exact) mass is 340 g/mol. The molecular formula is C14H13ClN2O6. The van der Waals surface area contributed by atoms with E-state index in [0.29, 0.717) is 5.56 Å². The summed E-state index contributed by atoms with van der Waals surface area (Å²) in [5, 5.41) is 12.0. The van der Waals surface area contributed by atoms with Crippen LogP contribution in [0.1, 0.15) is 5.56 Å². The van der Waals surface area contributed by atoms with E-state index in [1.807, 2.05) is 0 Å². The Labute approximate surface area is 136 Å². The molecule has 23 heavy (non-hydrogen) atoms. The molecule has 0 saturated carbocycles. The summed E-state index contributed by atoms with van der Waals surface area (Å²) in [5.41, 5.74) is 0.385. The van der Waals surface area contributed by atoms with Crippen LogP contribution in [0.2, 0.25) is 5.02 Å². The minimum atomic E-state index is -0.733. The zero-order valence-electron chi connectivity index (χ0n) is 12.3. The number of imide groups is 1. The molecule has 1 fully saturated rings. The van der Waals surface area contributed by atoms with E-state index in [1.54, 1.807) is 0 Å². The largest absolute Gasteiger partial charge is 0.503 e. The van der Waals surface area contributed by atoms with Crippen molar-refractivity contribution >= 4 is 35.6 Å². The van der Waals surface area contributed by atoms with Gasteiger partial charge in [-0.15, -0.1) is 0 Å². The zero-order chi connectivity index (χ0) is 17.1. The van der Waals surface area contributed by atoms with Crippen LogP contribution in [0.15, 0.2) is 17.8 Å². The third-order valence-corrected chi connectivity index (χ3v) is 3.35. The average molecular weight is 341 g/mol. The predicted octanol–water partition coefficient (Wildman–Crippen LogP) is 1.12. The molecule has 1 aliphatic heterocycles. The number of nitrogens with one attached hydrogen (secondary N) is 1. The Morgan fingerprint density at radius 3 is 2.70 bits per heavy atom. The van der Waals surface area contributed by atoms with Gasteiger partial charge in [-0.25, -0.2) is 9.69 Å². The lowest BCUT2D eigenvalue weighted by Crippen LogP contribution is -2.36. The van der Waals surface area contributed by atoms with Crippen molar-refractivity contribution in [3.8, 4) is 11.5 Å². The van der Waals surface area contributed by atoms with Crippen LogP contribution < -0.4 is 10.1 Å². The molecule has 0 atom stereocenters. The Hall–Kier alpha value is -2.74. The molecule has 2 rings (SSSR count). The number of nitrogens with zero attached hydrogens (tertiary/aromatic N) is 1. The number of hydrogen-bond donors (Lipinski definition) is 2. The summed E-state index contributed by atoms with van der Waals surface area (Å²) in [6, 6.07) is 2.11. The molecule has 0 bridgehead atoms. The molecule has 0 radical (unpaired) electrons. The SMILES string of the molecule is COC(=O)CN1C(=O)N/C(=C/c2cc(Cl)c(O)c(OC)c2)C1=O. The second-order valence-corrected chi connectivity index (χ2v) is 4.92. The number of rotatable bonds is 4. The second-order valence-electron chi connectivity index (χ2n) is 4.51. The number of amides is 3. The van der Waals surface area contributed by atoms with Crippen molar-refractivity contribution in [2.45, 2.75) is 0 Å². The third kappa shape index (κ3) is 3.37. The first-order chi connectivity index (χ1) is 10.9. The first kappa shape index (κ1) is 16.6. The molecule has 9 heteroatoms. The first-order valence-electron chi connectivity index (χ1n) is 6.35. The fourth-order valence-electron chi connectivity index (χ4n) is 1.91. The molecule has 1 aromatic rings. The van der Waals surface area contributed by atoms with Crippen LogP contribution in [0.4, 0.5) is 4.79 Å². The number of aromatic hydroxyl groups is 1. The minimum absolute atomic E-state index is 0.0272. The van der Waals surface area contributed by atoms with Crippen LogP contribution in [0.3, 0.4) is 0 Å². The Morgan fingerprint density at radius 1 is 1.39 bits per heavy atom. The molecule has 0 aliphatic carbocycles. The van der Waals surface area contributed by atoms with Gasteiger partial charge >= 0.3 is 12.0 Å². The van der Waals surface area contributed by atoms with Crippen LogP contribution in [-0.4, -0.2) is 48.7 Å². The van der Waals surface area contributed by atoms with E-state index in [1.165, 1.54) is 25.3 Å². The van der Waals surface area contributed by atoms with Crippen molar-refractivity contribution in [1.29, 1.82) is 0 Å². The van der Waals surface area contributed by atoms with Crippen LogP contribution in [-0.2, 0) is 14.3 Å². The lowest BCUT2D eigenvalue weighted by molar-refractivity contribution is -0.143. The molecule has 8 nitrogen and oxygen atoms in total. The maximum absolute atomic E-state index is 12.1. The van der Waals surface area contributed by atoms with E-state index in [0.717, 1.165) is 12.0 Å². The Morgan fingerprint density at radius 2 is 2.09 bits per heavy atom. The molecule has 0 unspecified atom stereocenters. The summed E-state index contributed by atoms with van der Waals surface area (Å²) in [6.07, 6.45) is 1.35. The number of methoxy groups -OCH3 is 2. The van der Waals surface area contributed by atoms with Crippen LogP contribution in [0.5, 0.6) is 11.5 Å². The van der Waals surface area contributed by atoms with Crippen molar-refractivity contribution in [1.82, 2.24) is 10.2 Å². The average Bonchev–Trinajstić information content (AvgIpc) is 2.78. The molecule has 1 heterocycles. The summed E-state index contributed by atoms with van der Waals surface area (Å²) in [5.74, 6) is -1.51. The van der Waals surface area contributed by atoms with E-state index in [9.17, 15) is 19.5 Å². The van der Waals surface area contributed by atoms with E-state index >= 15 is 0 Å². The third-order valence-electron chi connectivity index (χ3n) is 3.06. The van der Waals surface area contributed by atoms with Gasteiger partial charge < -0.3 is 19.9 Å². The van der Waals surface area contributed by atoms with Crippen LogP contribution in [0, 0.1) is 0 Å². The highest BCUT2D eigenvalue weighted by molar-refractivity contribution is 6.32. The highest BCUT2D eigenvalue weighted by Crippen LogP contribution is 2.35. The lowest BCUT2D eigenvalue weighted by atomic mass is 10.1. The number of carbonyl (C=O) groups is 3. The number of urea groups is 1. The van der Waals surface area contributed by atoms with Crippen LogP contribution >= 0.6 is 11.6 Å². The van der Waals surface area contributed by atoms with Gasteiger partial charge in [0.25, 0.3) is 5.91 Å². The zero-order valence-corrected chi connectivity index (χ0v) is 13.0. The normalized spacial score (nSPS) is 15.8. The Bertz CT molecular complexity index is 715. The summed E-state index contributed by atoms with van der Waals surface area (Å²) < 4.78 is 9.39.